The van der Waals surface area contributed by atoms with Crippen LogP contribution in [0.4, 0.5) is 0 Å². The van der Waals surface area contributed by atoms with Crippen LogP contribution in [0.2, 0.25) is 0 Å². The van der Waals surface area contributed by atoms with Crippen LogP contribution >= 0.6 is 0 Å². The first-order valence-electron chi connectivity index (χ1n) is 6.79. The first kappa shape index (κ1) is 14.2. The lowest BCUT2D eigenvalue weighted by atomic mass is 9.82. The summed E-state index contributed by atoms with van der Waals surface area (Å²) in [4.78, 5) is 0. The van der Waals surface area contributed by atoms with Gasteiger partial charge in [0.05, 0.1) is 6.10 Å². The van der Waals surface area contributed by atoms with Gasteiger partial charge in [-0.1, -0.05) is 64.8 Å². The zero-order chi connectivity index (χ0) is 12.9. The Kier molecular flexibility index (Phi) is 5.20. The van der Waals surface area contributed by atoms with Gasteiger partial charge in [0.2, 0.25) is 0 Å². The topological polar surface area (TPSA) is 20.2 Å². The number of unbranched alkanes of at least 4 members (excludes halogenated alkanes) is 1. The van der Waals surface area contributed by atoms with Gasteiger partial charge in [0.15, 0.2) is 0 Å². The van der Waals surface area contributed by atoms with Crippen molar-refractivity contribution in [1.29, 1.82) is 0 Å². The van der Waals surface area contributed by atoms with Gasteiger partial charge in [-0.25, -0.2) is 0 Å². The average molecular weight is 234 g/mol. The van der Waals surface area contributed by atoms with Crippen LogP contribution in [0, 0.1) is 0 Å². The molecule has 1 atom stereocenters. The Morgan fingerprint density at radius 2 is 1.71 bits per heavy atom. The number of aliphatic hydroxyl groups is 1. The molecule has 1 rings (SSSR count). The molecule has 0 fully saturated rings. The number of hydrogen-bond acceptors (Lipinski definition) is 1. The molecule has 0 aliphatic rings. The van der Waals surface area contributed by atoms with Gasteiger partial charge in [-0.15, -0.1) is 0 Å². The molecule has 0 saturated heterocycles. The molecule has 1 nitrogen and oxygen atoms in total. The van der Waals surface area contributed by atoms with Crippen molar-refractivity contribution >= 4 is 0 Å². The van der Waals surface area contributed by atoms with Gasteiger partial charge in [0.1, 0.15) is 0 Å². The molecular weight excluding hydrogens is 208 g/mol. The molecule has 0 saturated carbocycles. The van der Waals surface area contributed by atoms with E-state index in [9.17, 15) is 5.11 Å². The Bertz CT molecular complexity index is 324. The fourth-order valence-corrected chi connectivity index (χ4v) is 1.92. The van der Waals surface area contributed by atoms with Gasteiger partial charge < -0.3 is 5.11 Å². The summed E-state index contributed by atoms with van der Waals surface area (Å²) < 4.78 is 0. The predicted molar refractivity (Wildman–Crippen MR) is 74.2 cm³/mol. The van der Waals surface area contributed by atoms with Gasteiger partial charge in [0.25, 0.3) is 0 Å². The minimum atomic E-state index is -0.297. The standard InChI is InChI=1S/C16H26O/c1-5-7-8-15(17)13-9-11-14(12-10-13)16(3,4)6-2/h9-12,15,17H,5-8H2,1-4H3. The van der Waals surface area contributed by atoms with Gasteiger partial charge >= 0.3 is 0 Å². The van der Waals surface area contributed by atoms with Crippen LogP contribution in [0.3, 0.4) is 0 Å². The first-order valence-corrected chi connectivity index (χ1v) is 6.79. The van der Waals surface area contributed by atoms with Gasteiger partial charge in [0, 0.05) is 0 Å². The van der Waals surface area contributed by atoms with E-state index in [-0.39, 0.29) is 11.5 Å². The second-order valence-electron chi connectivity index (χ2n) is 5.52. The highest BCUT2D eigenvalue weighted by molar-refractivity contribution is 5.29. The summed E-state index contributed by atoms with van der Waals surface area (Å²) in [6.07, 6.45) is 3.92. The molecule has 1 unspecified atom stereocenters. The lowest BCUT2D eigenvalue weighted by Crippen LogP contribution is -2.15. The van der Waals surface area contributed by atoms with Gasteiger partial charge in [-0.05, 0) is 29.4 Å². The van der Waals surface area contributed by atoms with E-state index in [0.29, 0.717) is 0 Å². The van der Waals surface area contributed by atoms with E-state index >= 15 is 0 Å². The second-order valence-corrected chi connectivity index (χ2v) is 5.52. The fourth-order valence-electron chi connectivity index (χ4n) is 1.92. The zero-order valence-corrected chi connectivity index (χ0v) is 11.7. The monoisotopic (exact) mass is 234 g/mol. The molecule has 0 aliphatic carbocycles. The highest BCUT2D eigenvalue weighted by atomic mass is 16.3. The van der Waals surface area contributed by atoms with Crippen LogP contribution in [0.1, 0.15) is 70.6 Å². The molecule has 0 aliphatic heterocycles. The molecule has 1 N–H and O–H groups in total. The molecule has 1 aromatic rings. The summed E-state index contributed by atoms with van der Waals surface area (Å²) in [5.74, 6) is 0. The van der Waals surface area contributed by atoms with E-state index in [2.05, 4.69) is 52.0 Å². The van der Waals surface area contributed by atoms with E-state index < -0.39 is 0 Å². The van der Waals surface area contributed by atoms with E-state index in [4.69, 9.17) is 0 Å². The third kappa shape index (κ3) is 3.85. The molecule has 0 radical (unpaired) electrons. The van der Waals surface area contributed by atoms with E-state index in [1.807, 2.05) is 0 Å². The maximum absolute atomic E-state index is 10.0. The maximum atomic E-state index is 10.0. The normalized spacial score (nSPS) is 13.7. The van der Waals surface area contributed by atoms with E-state index in [1.54, 1.807) is 0 Å². The summed E-state index contributed by atoms with van der Waals surface area (Å²) in [7, 11) is 0. The van der Waals surface area contributed by atoms with Crippen LogP contribution in [-0.2, 0) is 5.41 Å². The van der Waals surface area contributed by atoms with Crippen molar-refractivity contribution in [2.45, 2.75) is 64.9 Å². The van der Waals surface area contributed by atoms with Gasteiger partial charge in [-0.3, -0.25) is 0 Å². The Morgan fingerprint density at radius 1 is 1.12 bits per heavy atom. The average Bonchev–Trinajstić information content (AvgIpc) is 2.36. The fraction of sp³-hybridized carbons (Fsp3) is 0.625. The quantitative estimate of drug-likeness (QED) is 0.762. The Hall–Kier alpha value is -0.820. The van der Waals surface area contributed by atoms with Crippen LogP contribution < -0.4 is 0 Å². The van der Waals surface area contributed by atoms with Gasteiger partial charge in [-0.2, -0.15) is 0 Å². The van der Waals surface area contributed by atoms with Crippen molar-refractivity contribution < 1.29 is 5.11 Å². The summed E-state index contributed by atoms with van der Waals surface area (Å²) in [6.45, 7) is 8.88. The van der Waals surface area contributed by atoms with Crippen molar-refractivity contribution in [2.24, 2.45) is 0 Å². The van der Waals surface area contributed by atoms with Crippen molar-refractivity contribution in [3.8, 4) is 0 Å². The van der Waals surface area contributed by atoms with Crippen LogP contribution in [0.5, 0.6) is 0 Å². The number of rotatable bonds is 6. The molecule has 0 heterocycles. The van der Waals surface area contributed by atoms with E-state index in [1.165, 1.54) is 5.56 Å². The lowest BCUT2D eigenvalue weighted by Gasteiger charge is -2.24. The van der Waals surface area contributed by atoms with Crippen molar-refractivity contribution in [1.82, 2.24) is 0 Å². The second kappa shape index (κ2) is 6.20. The Balaban J connectivity index is 2.74. The number of aliphatic hydroxyl groups excluding tert-OH is 1. The first-order chi connectivity index (χ1) is 8.01. The molecule has 96 valence electrons. The third-order valence-corrected chi connectivity index (χ3v) is 3.79. The minimum Gasteiger partial charge on any atom is -0.388 e. The number of benzene rings is 1. The molecule has 17 heavy (non-hydrogen) atoms. The van der Waals surface area contributed by atoms with Crippen LogP contribution in [-0.4, -0.2) is 5.11 Å². The molecule has 0 amide bonds. The highest BCUT2D eigenvalue weighted by Crippen LogP contribution is 2.28. The number of hydrogen-bond donors (Lipinski definition) is 1. The molecule has 0 spiro atoms. The van der Waals surface area contributed by atoms with Crippen molar-refractivity contribution in [3.63, 3.8) is 0 Å². The van der Waals surface area contributed by atoms with E-state index in [0.717, 1.165) is 31.2 Å². The molecule has 0 aromatic heterocycles. The molecule has 1 aromatic carbocycles. The Labute approximate surface area is 106 Å². The predicted octanol–water partition coefficient (Wildman–Crippen LogP) is 4.60. The van der Waals surface area contributed by atoms with Crippen LogP contribution in [0.25, 0.3) is 0 Å². The smallest absolute Gasteiger partial charge is 0.0790 e. The lowest BCUT2D eigenvalue weighted by molar-refractivity contribution is 0.164. The molecule has 0 bridgehead atoms. The molecule has 1 heteroatoms. The third-order valence-electron chi connectivity index (χ3n) is 3.79. The Morgan fingerprint density at radius 3 is 2.18 bits per heavy atom. The maximum Gasteiger partial charge on any atom is 0.0790 e. The van der Waals surface area contributed by atoms with Crippen LogP contribution in [0.15, 0.2) is 24.3 Å². The molecular formula is C16H26O. The summed E-state index contributed by atoms with van der Waals surface area (Å²) >= 11 is 0. The SMILES string of the molecule is CCCCC(O)c1ccc(C(C)(C)CC)cc1. The summed E-state index contributed by atoms with van der Waals surface area (Å²) in [6, 6.07) is 8.47. The highest BCUT2D eigenvalue weighted by Gasteiger charge is 2.18. The summed E-state index contributed by atoms with van der Waals surface area (Å²) in [5, 5.41) is 10.0. The zero-order valence-electron chi connectivity index (χ0n) is 11.7. The van der Waals surface area contributed by atoms with Crippen molar-refractivity contribution in [3.05, 3.63) is 35.4 Å². The van der Waals surface area contributed by atoms with Crippen molar-refractivity contribution in [2.75, 3.05) is 0 Å². The minimum absolute atomic E-state index is 0.229. The summed E-state index contributed by atoms with van der Waals surface area (Å²) in [5.41, 5.74) is 2.63. The largest absolute Gasteiger partial charge is 0.388 e.